The van der Waals surface area contributed by atoms with Gasteiger partial charge >= 0.3 is 0 Å². The Labute approximate surface area is 158 Å². The van der Waals surface area contributed by atoms with Gasteiger partial charge in [-0.2, -0.15) is 0 Å². The van der Waals surface area contributed by atoms with Crippen molar-refractivity contribution >= 4 is 16.7 Å². The van der Waals surface area contributed by atoms with Crippen LogP contribution in [-0.2, 0) is 11.2 Å². The molecule has 1 saturated heterocycles. The SMILES string of the molecule is CCc1nc2ccccc2c(=O)n1N1[C@H](C(=O)C(C)C)[C@H]1c1ccccc1. The van der Waals surface area contributed by atoms with E-state index in [-0.39, 0.29) is 29.3 Å². The smallest absolute Gasteiger partial charge is 0.280 e. The third kappa shape index (κ3) is 2.83. The van der Waals surface area contributed by atoms with E-state index in [0.717, 1.165) is 5.56 Å². The lowest BCUT2D eigenvalue weighted by molar-refractivity contribution is -0.121. The van der Waals surface area contributed by atoms with E-state index < -0.39 is 0 Å². The van der Waals surface area contributed by atoms with Gasteiger partial charge < -0.3 is 0 Å². The van der Waals surface area contributed by atoms with Crippen molar-refractivity contribution in [1.29, 1.82) is 0 Å². The van der Waals surface area contributed by atoms with Gasteiger partial charge in [0.25, 0.3) is 5.56 Å². The largest absolute Gasteiger partial charge is 0.297 e. The standard InChI is InChI=1S/C22H23N3O2/c1-4-18-23-17-13-9-8-12-16(17)22(27)24(18)25-19(15-10-6-5-7-11-15)20(25)21(26)14(2)3/h5-14,19-20H,4H2,1-3H3/t19-,20+,25?/m1/s1. The first-order valence-electron chi connectivity index (χ1n) is 9.42. The van der Waals surface area contributed by atoms with Crippen molar-refractivity contribution in [2.45, 2.75) is 39.3 Å². The highest BCUT2D eigenvalue weighted by atomic mass is 16.2. The third-order valence-electron chi connectivity index (χ3n) is 5.15. The minimum Gasteiger partial charge on any atom is -0.297 e. The van der Waals surface area contributed by atoms with Crippen molar-refractivity contribution < 1.29 is 4.79 Å². The monoisotopic (exact) mass is 361 g/mol. The molecular weight excluding hydrogens is 338 g/mol. The molecule has 2 aromatic carbocycles. The van der Waals surface area contributed by atoms with E-state index in [9.17, 15) is 9.59 Å². The lowest BCUT2D eigenvalue weighted by Gasteiger charge is -2.16. The number of Topliss-reactive ketones (excluding diaryl/α,β-unsaturated/α-hetero) is 1. The molecule has 1 aliphatic rings. The van der Waals surface area contributed by atoms with Crippen molar-refractivity contribution in [1.82, 2.24) is 9.66 Å². The summed E-state index contributed by atoms with van der Waals surface area (Å²) >= 11 is 0. The van der Waals surface area contributed by atoms with Gasteiger partial charge in [-0.15, -0.1) is 0 Å². The van der Waals surface area contributed by atoms with Gasteiger partial charge in [-0.1, -0.05) is 63.2 Å². The summed E-state index contributed by atoms with van der Waals surface area (Å²) in [6.07, 6.45) is 0.612. The van der Waals surface area contributed by atoms with Gasteiger partial charge in [-0.05, 0) is 17.7 Å². The van der Waals surface area contributed by atoms with Crippen LogP contribution in [0.5, 0.6) is 0 Å². The van der Waals surface area contributed by atoms with Crippen LogP contribution in [-0.4, -0.2) is 21.5 Å². The van der Waals surface area contributed by atoms with Crippen molar-refractivity contribution in [3.63, 3.8) is 0 Å². The average molecular weight is 361 g/mol. The van der Waals surface area contributed by atoms with Gasteiger partial charge in [-0.3, -0.25) is 14.6 Å². The first-order valence-corrected chi connectivity index (χ1v) is 9.42. The highest BCUT2D eigenvalue weighted by Crippen LogP contribution is 2.42. The Bertz CT molecular complexity index is 1060. The summed E-state index contributed by atoms with van der Waals surface area (Å²) in [5, 5.41) is 2.47. The second kappa shape index (κ2) is 6.65. The zero-order valence-electron chi connectivity index (χ0n) is 15.8. The number of hydrogen-bond donors (Lipinski definition) is 0. The van der Waals surface area contributed by atoms with Gasteiger partial charge in [0.15, 0.2) is 5.78 Å². The molecule has 0 saturated carbocycles. The first kappa shape index (κ1) is 17.5. The Kier molecular flexibility index (Phi) is 4.30. The first-order chi connectivity index (χ1) is 13.0. The number of nitrogens with zero attached hydrogens (tertiary/aromatic N) is 3. The van der Waals surface area contributed by atoms with E-state index in [2.05, 4.69) is 0 Å². The zero-order valence-corrected chi connectivity index (χ0v) is 15.8. The molecule has 5 heteroatoms. The Morgan fingerprint density at radius 2 is 1.74 bits per heavy atom. The molecule has 0 unspecified atom stereocenters. The number of ketones is 1. The molecule has 0 amide bonds. The molecule has 1 fully saturated rings. The predicted molar refractivity (Wildman–Crippen MR) is 106 cm³/mol. The summed E-state index contributed by atoms with van der Waals surface area (Å²) in [6.45, 7) is 5.79. The zero-order chi connectivity index (χ0) is 19.1. The maximum atomic E-state index is 13.3. The van der Waals surface area contributed by atoms with E-state index in [1.807, 2.05) is 74.3 Å². The number of aromatic nitrogens is 2. The summed E-state index contributed by atoms with van der Waals surface area (Å²) in [4.78, 5) is 30.8. The van der Waals surface area contributed by atoms with Crippen LogP contribution in [0.2, 0.25) is 0 Å². The van der Waals surface area contributed by atoms with E-state index in [0.29, 0.717) is 23.1 Å². The number of carbonyl (C=O) groups is 1. The fourth-order valence-corrected chi connectivity index (χ4v) is 3.72. The average Bonchev–Trinajstić information content (AvgIpc) is 3.42. The molecule has 0 N–H and O–H groups in total. The summed E-state index contributed by atoms with van der Waals surface area (Å²) in [5.74, 6) is 0.727. The van der Waals surface area contributed by atoms with E-state index in [1.54, 1.807) is 10.7 Å². The Morgan fingerprint density at radius 3 is 2.41 bits per heavy atom. The Hall–Kier alpha value is -2.95. The minimum absolute atomic E-state index is 0.0968. The van der Waals surface area contributed by atoms with E-state index in [4.69, 9.17) is 4.98 Å². The second-order valence-electron chi connectivity index (χ2n) is 7.25. The number of rotatable bonds is 5. The van der Waals surface area contributed by atoms with Gasteiger partial charge in [0.1, 0.15) is 17.9 Å². The fourth-order valence-electron chi connectivity index (χ4n) is 3.72. The number of carbonyl (C=O) groups excluding carboxylic acids is 1. The Morgan fingerprint density at radius 1 is 1.07 bits per heavy atom. The van der Waals surface area contributed by atoms with Crippen LogP contribution in [0.25, 0.3) is 10.9 Å². The number of hydrogen-bond acceptors (Lipinski definition) is 4. The van der Waals surface area contributed by atoms with Crippen LogP contribution in [0.15, 0.2) is 59.4 Å². The normalized spacial score (nSPS) is 18.9. The summed E-state index contributed by atoms with van der Waals surface area (Å²) in [7, 11) is 0. The highest BCUT2D eigenvalue weighted by Gasteiger charge is 2.55. The molecule has 2 heterocycles. The fraction of sp³-hybridized carbons (Fsp3) is 0.318. The van der Waals surface area contributed by atoms with Crippen LogP contribution < -0.4 is 10.6 Å². The van der Waals surface area contributed by atoms with Crippen molar-refractivity contribution in [3.8, 4) is 0 Å². The molecule has 0 aliphatic carbocycles. The molecule has 4 rings (SSSR count). The molecule has 2 atom stereocenters. The molecule has 5 nitrogen and oxygen atoms in total. The van der Waals surface area contributed by atoms with Gasteiger partial charge in [0.05, 0.1) is 10.9 Å². The third-order valence-corrected chi connectivity index (χ3v) is 5.15. The van der Waals surface area contributed by atoms with Crippen molar-refractivity contribution in [2.75, 3.05) is 5.01 Å². The van der Waals surface area contributed by atoms with Crippen LogP contribution >= 0.6 is 0 Å². The topological polar surface area (TPSA) is 55.0 Å². The number of aryl methyl sites for hydroxylation is 1. The molecular formula is C22H23N3O2. The molecule has 1 aromatic heterocycles. The molecule has 0 spiro atoms. The van der Waals surface area contributed by atoms with Gasteiger partial charge in [0.2, 0.25) is 0 Å². The van der Waals surface area contributed by atoms with Crippen LogP contribution in [0, 0.1) is 5.92 Å². The second-order valence-corrected chi connectivity index (χ2v) is 7.25. The van der Waals surface area contributed by atoms with Crippen LogP contribution in [0.4, 0.5) is 0 Å². The maximum Gasteiger partial charge on any atom is 0.280 e. The minimum atomic E-state index is -0.335. The predicted octanol–water partition coefficient (Wildman–Crippen LogP) is 3.25. The van der Waals surface area contributed by atoms with Crippen LogP contribution in [0.3, 0.4) is 0 Å². The van der Waals surface area contributed by atoms with Crippen molar-refractivity contribution in [3.05, 3.63) is 76.3 Å². The van der Waals surface area contributed by atoms with E-state index >= 15 is 0 Å². The molecule has 0 radical (unpaired) electrons. The highest BCUT2D eigenvalue weighted by molar-refractivity contribution is 5.93. The molecule has 1 aliphatic heterocycles. The molecule has 138 valence electrons. The summed E-state index contributed by atoms with van der Waals surface area (Å²) < 4.78 is 1.63. The summed E-state index contributed by atoms with van der Waals surface area (Å²) in [5.41, 5.74) is 1.62. The van der Waals surface area contributed by atoms with Crippen LogP contribution in [0.1, 0.15) is 38.2 Å². The Balaban J connectivity index is 1.89. The molecule has 3 aromatic rings. The number of para-hydroxylation sites is 1. The van der Waals surface area contributed by atoms with Gasteiger partial charge in [0, 0.05) is 12.3 Å². The number of fused-ring (bicyclic) bond motifs is 1. The summed E-state index contributed by atoms with van der Waals surface area (Å²) in [6, 6.07) is 16.8. The van der Waals surface area contributed by atoms with Crippen molar-refractivity contribution in [2.24, 2.45) is 5.92 Å². The lowest BCUT2D eigenvalue weighted by Crippen LogP contribution is -2.36. The lowest BCUT2D eigenvalue weighted by atomic mass is 10.0. The molecule has 27 heavy (non-hydrogen) atoms. The number of benzene rings is 2. The van der Waals surface area contributed by atoms with Gasteiger partial charge in [-0.25, -0.2) is 9.66 Å². The maximum absolute atomic E-state index is 13.3. The van der Waals surface area contributed by atoms with E-state index in [1.165, 1.54) is 0 Å². The molecule has 0 bridgehead atoms. The quantitative estimate of drug-likeness (QED) is 0.655.